The zero-order chi connectivity index (χ0) is 20.2. The van der Waals surface area contributed by atoms with E-state index in [2.05, 4.69) is 20.9 Å². The lowest BCUT2D eigenvalue weighted by Gasteiger charge is -2.30. The second kappa shape index (κ2) is 8.95. The third-order valence-electron chi connectivity index (χ3n) is 5.30. The second-order valence-electron chi connectivity index (χ2n) is 7.24. The first-order valence-corrected chi connectivity index (χ1v) is 10.3. The molecule has 152 valence electrons. The van der Waals surface area contributed by atoms with Crippen LogP contribution in [0.4, 0.5) is 15.8 Å². The Morgan fingerprint density at radius 2 is 1.90 bits per heavy atom. The van der Waals surface area contributed by atoms with Gasteiger partial charge in [-0.3, -0.25) is 4.79 Å². The van der Waals surface area contributed by atoms with Gasteiger partial charge in [0.2, 0.25) is 0 Å². The Bertz CT molecular complexity index is 940. The highest BCUT2D eigenvalue weighted by atomic mass is 35.5. The van der Waals surface area contributed by atoms with E-state index in [9.17, 15) is 9.18 Å². The van der Waals surface area contributed by atoms with Crippen LogP contribution >= 0.6 is 11.6 Å². The highest BCUT2D eigenvalue weighted by Gasteiger charge is 2.16. The van der Waals surface area contributed by atoms with Crippen LogP contribution in [0.25, 0.3) is 5.57 Å². The lowest BCUT2D eigenvalue weighted by molar-refractivity contribution is 0.102. The predicted molar refractivity (Wildman–Crippen MR) is 116 cm³/mol. The fourth-order valence-corrected chi connectivity index (χ4v) is 4.03. The normalized spacial score (nSPS) is 17.0. The summed E-state index contributed by atoms with van der Waals surface area (Å²) < 4.78 is 14.6. The summed E-state index contributed by atoms with van der Waals surface area (Å²) in [7, 11) is 0. The molecule has 2 aromatic rings. The van der Waals surface area contributed by atoms with E-state index in [0.29, 0.717) is 16.3 Å². The fraction of sp³-hybridized carbons (Fsp3) is 0.318. The van der Waals surface area contributed by atoms with Gasteiger partial charge in [0.1, 0.15) is 5.82 Å². The monoisotopic (exact) mass is 414 g/mol. The number of amides is 1. The lowest BCUT2D eigenvalue weighted by Crippen LogP contribution is -2.43. The first-order chi connectivity index (χ1) is 14.1. The van der Waals surface area contributed by atoms with Crippen molar-refractivity contribution in [3.63, 3.8) is 0 Å². The molecule has 2 aliphatic rings. The molecule has 5 nitrogen and oxygen atoms in total. The smallest absolute Gasteiger partial charge is 0.255 e. The van der Waals surface area contributed by atoms with Crippen molar-refractivity contribution in [1.29, 1.82) is 0 Å². The summed E-state index contributed by atoms with van der Waals surface area (Å²) in [4.78, 5) is 14.8. The highest BCUT2D eigenvalue weighted by Crippen LogP contribution is 2.29. The number of nitrogens with one attached hydrogen (secondary N) is 3. The molecule has 0 saturated carbocycles. The maximum atomic E-state index is 14.6. The third-order valence-corrected chi connectivity index (χ3v) is 5.61. The zero-order valence-corrected chi connectivity index (χ0v) is 16.9. The molecular formula is C22H24ClFN4O. The van der Waals surface area contributed by atoms with Gasteiger partial charge in [0.25, 0.3) is 5.91 Å². The Hall–Kier alpha value is -2.41. The summed E-state index contributed by atoms with van der Waals surface area (Å²) in [6.45, 7) is 5.20. The van der Waals surface area contributed by atoms with Crippen LogP contribution in [0.3, 0.4) is 0 Å². The molecule has 0 aliphatic carbocycles. The van der Waals surface area contributed by atoms with Crippen LogP contribution in [0.1, 0.15) is 22.3 Å². The molecule has 0 spiro atoms. The van der Waals surface area contributed by atoms with Gasteiger partial charge in [-0.2, -0.15) is 0 Å². The second-order valence-corrected chi connectivity index (χ2v) is 7.64. The van der Waals surface area contributed by atoms with E-state index < -0.39 is 0 Å². The highest BCUT2D eigenvalue weighted by molar-refractivity contribution is 6.33. The molecule has 3 N–H and O–H groups in total. The van der Waals surface area contributed by atoms with Gasteiger partial charge in [0.15, 0.2) is 0 Å². The molecule has 0 bridgehead atoms. The van der Waals surface area contributed by atoms with Gasteiger partial charge in [-0.25, -0.2) is 4.39 Å². The summed E-state index contributed by atoms with van der Waals surface area (Å²) in [5.41, 5.74) is 3.36. The van der Waals surface area contributed by atoms with Gasteiger partial charge in [0, 0.05) is 49.5 Å². The summed E-state index contributed by atoms with van der Waals surface area (Å²) in [6.07, 6.45) is 2.77. The fourth-order valence-electron chi connectivity index (χ4n) is 3.73. The van der Waals surface area contributed by atoms with Crippen LogP contribution in [-0.2, 0) is 0 Å². The minimum Gasteiger partial charge on any atom is -0.368 e. The van der Waals surface area contributed by atoms with Crippen molar-refractivity contribution >= 4 is 34.5 Å². The van der Waals surface area contributed by atoms with Gasteiger partial charge in [-0.1, -0.05) is 23.7 Å². The molecule has 1 saturated heterocycles. The van der Waals surface area contributed by atoms with Gasteiger partial charge >= 0.3 is 0 Å². The molecule has 0 unspecified atom stereocenters. The lowest BCUT2D eigenvalue weighted by atomic mass is 9.98. The molecule has 1 amide bonds. The van der Waals surface area contributed by atoms with E-state index >= 15 is 0 Å². The summed E-state index contributed by atoms with van der Waals surface area (Å²) in [6, 6.07) is 10.1. The van der Waals surface area contributed by atoms with Crippen molar-refractivity contribution in [1.82, 2.24) is 10.6 Å². The number of benzene rings is 2. The van der Waals surface area contributed by atoms with Crippen molar-refractivity contribution in [3.05, 3.63) is 64.4 Å². The van der Waals surface area contributed by atoms with Crippen molar-refractivity contribution in [3.8, 4) is 0 Å². The van der Waals surface area contributed by atoms with Crippen molar-refractivity contribution in [2.45, 2.75) is 6.42 Å². The summed E-state index contributed by atoms with van der Waals surface area (Å²) in [5.74, 6) is -0.737. The number of piperazine rings is 1. The zero-order valence-electron chi connectivity index (χ0n) is 16.1. The van der Waals surface area contributed by atoms with Crippen LogP contribution in [0.2, 0.25) is 5.02 Å². The Balaban J connectivity index is 1.47. The van der Waals surface area contributed by atoms with Gasteiger partial charge in [-0.15, -0.1) is 0 Å². The van der Waals surface area contributed by atoms with Crippen LogP contribution in [0.15, 0.2) is 42.5 Å². The van der Waals surface area contributed by atoms with Crippen LogP contribution in [0.5, 0.6) is 0 Å². The molecule has 0 radical (unpaired) electrons. The number of hydrogen-bond donors (Lipinski definition) is 3. The van der Waals surface area contributed by atoms with Crippen molar-refractivity contribution < 1.29 is 9.18 Å². The quantitative estimate of drug-likeness (QED) is 0.716. The van der Waals surface area contributed by atoms with Crippen LogP contribution in [0, 0.1) is 5.82 Å². The van der Waals surface area contributed by atoms with E-state index in [1.165, 1.54) is 6.07 Å². The molecular weight excluding hydrogens is 391 g/mol. The van der Waals surface area contributed by atoms with Crippen LogP contribution in [-0.4, -0.2) is 45.2 Å². The largest absolute Gasteiger partial charge is 0.368 e. The Kier molecular flexibility index (Phi) is 6.13. The maximum absolute atomic E-state index is 14.6. The third kappa shape index (κ3) is 4.61. The average Bonchev–Trinajstić information content (AvgIpc) is 2.75. The number of halogens is 2. The molecule has 7 heteroatoms. The van der Waals surface area contributed by atoms with E-state index in [4.69, 9.17) is 11.6 Å². The molecule has 0 atom stereocenters. The van der Waals surface area contributed by atoms with Crippen molar-refractivity contribution in [2.24, 2.45) is 0 Å². The Morgan fingerprint density at radius 3 is 2.59 bits per heavy atom. The SMILES string of the molecule is O=C(Nc1ccc(N2CCNCC2)c(Cl)c1)c1ccc(C2=CCNCC2)c(F)c1. The topological polar surface area (TPSA) is 56.4 Å². The van der Waals surface area contributed by atoms with Gasteiger partial charge in [-0.05, 0) is 48.9 Å². The summed E-state index contributed by atoms with van der Waals surface area (Å²) in [5, 5.41) is 9.92. The molecule has 2 aromatic carbocycles. The maximum Gasteiger partial charge on any atom is 0.255 e. The number of hydrogen-bond acceptors (Lipinski definition) is 4. The number of carbonyl (C=O) groups excluding carboxylic acids is 1. The van der Waals surface area contributed by atoms with Crippen molar-refractivity contribution in [2.75, 3.05) is 49.5 Å². The number of anilines is 2. The van der Waals surface area contributed by atoms with E-state index in [1.54, 1.807) is 18.2 Å². The Labute approximate surface area is 174 Å². The minimum absolute atomic E-state index is 0.281. The predicted octanol–water partition coefficient (Wildman–Crippen LogP) is 3.52. The average molecular weight is 415 g/mol. The molecule has 0 aromatic heterocycles. The standard InChI is InChI=1S/C22H24ClFN4O/c23-19-14-17(2-4-21(19)28-11-9-26-10-12-28)27-22(29)16-1-3-18(20(24)13-16)15-5-7-25-8-6-15/h1-5,13-14,25-26H,6-12H2,(H,27,29). The molecule has 2 heterocycles. The first kappa shape index (κ1) is 19.9. The van der Waals surface area contributed by atoms with Gasteiger partial charge in [0.05, 0.1) is 10.7 Å². The Morgan fingerprint density at radius 1 is 1.07 bits per heavy atom. The summed E-state index contributed by atoms with van der Waals surface area (Å²) >= 11 is 6.44. The number of rotatable bonds is 4. The minimum atomic E-state index is -0.377. The molecule has 29 heavy (non-hydrogen) atoms. The number of nitrogens with zero attached hydrogens (tertiary/aromatic N) is 1. The molecule has 2 aliphatic heterocycles. The van der Waals surface area contributed by atoms with E-state index in [-0.39, 0.29) is 17.3 Å². The van der Waals surface area contributed by atoms with E-state index in [0.717, 1.165) is 56.9 Å². The van der Waals surface area contributed by atoms with E-state index in [1.807, 2.05) is 18.2 Å². The number of carbonyl (C=O) groups is 1. The molecule has 4 rings (SSSR count). The van der Waals surface area contributed by atoms with Gasteiger partial charge < -0.3 is 20.9 Å². The molecule has 1 fully saturated rings. The van der Waals surface area contributed by atoms with Crippen LogP contribution < -0.4 is 20.9 Å². The first-order valence-electron chi connectivity index (χ1n) is 9.88.